The average molecular weight is 603 g/mol. The van der Waals surface area contributed by atoms with E-state index in [0.717, 1.165) is 22.5 Å². The van der Waals surface area contributed by atoms with Crippen LogP contribution in [0.4, 0.5) is 5.69 Å². The molecule has 2 aliphatic heterocycles. The SMILES string of the molecule is Cc1[nH]c(/C=C2\C(=O)Nc3ccc(S(=O)(=O)Cc4c(Cl)cccc4Cl)cc32)c(C)c1CCC(=O)N1CCOCC1. The van der Waals surface area contributed by atoms with Crippen molar-refractivity contribution >= 4 is 62.2 Å². The van der Waals surface area contributed by atoms with Crippen LogP contribution < -0.4 is 5.32 Å². The van der Waals surface area contributed by atoms with Crippen LogP contribution in [-0.2, 0) is 36.3 Å². The third-order valence-corrected chi connectivity index (χ3v) is 9.75. The van der Waals surface area contributed by atoms with Crippen LogP contribution in [-0.4, -0.2) is 56.4 Å². The van der Waals surface area contributed by atoms with Crippen LogP contribution in [0, 0.1) is 13.8 Å². The molecule has 40 heavy (non-hydrogen) atoms. The van der Waals surface area contributed by atoms with E-state index in [4.69, 9.17) is 27.9 Å². The summed E-state index contributed by atoms with van der Waals surface area (Å²) in [5.74, 6) is -0.597. The second-order valence-electron chi connectivity index (χ2n) is 9.94. The summed E-state index contributed by atoms with van der Waals surface area (Å²) in [6.45, 7) is 6.24. The molecule has 8 nitrogen and oxygen atoms in total. The standard InChI is InChI=1S/C29H29Cl2N3O5S/c1-17-20(7-9-28(35)34-10-12-39-13-11-34)18(2)32-27(17)15-22-21-14-19(6-8-26(21)33-29(22)36)40(37,38)16-23-24(30)4-3-5-25(23)31/h3-6,8,14-15,32H,7,9-13,16H2,1-2H3,(H,33,36)/b22-15-. The first-order valence-corrected chi connectivity index (χ1v) is 15.3. The summed E-state index contributed by atoms with van der Waals surface area (Å²) in [4.78, 5) is 30.8. The van der Waals surface area contributed by atoms with E-state index < -0.39 is 9.84 Å². The van der Waals surface area contributed by atoms with Gasteiger partial charge >= 0.3 is 0 Å². The molecule has 2 N–H and O–H groups in total. The van der Waals surface area contributed by atoms with Crippen molar-refractivity contribution in [2.24, 2.45) is 0 Å². The van der Waals surface area contributed by atoms with Gasteiger partial charge in [0.15, 0.2) is 9.84 Å². The van der Waals surface area contributed by atoms with E-state index in [1.165, 1.54) is 12.1 Å². The zero-order valence-corrected chi connectivity index (χ0v) is 24.5. The maximum Gasteiger partial charge on any atom is 0.256 e. The number of ether oxygens (including phenoxy) is 1. The van der Waals surface area contributed by atoms with E-state index in [-0.39, 0.29) is 32.5 Å². The molecule has 0 saturated carbocycles. The molecule has 0 spiro atoms. The second kappa shape index (κ2) is 11.4. The Morgan fingerprint density at radius 1 is 1.07 bits per heavy atom. The number of nitrogens with one attached hydrogen (secondary N) is 2. The van der Waals surface area contributed by atoms with Crippen LogP contribution in [0.1, 0.15) is 40.1 Å². The Morgan fingerprint density at radius 3 is 2.48 bits per heavy atom. The Bertz CT molecular complexity index is 1620. The van der Waals surface area contributed by atoms with Gasteiger partial charge in [-0.1, -0.05) is 29.3 Å². The molecule has 0 atom stereocenters. The molecule has 1 aromatic heterocycles. The van der Waals surface area contributed by atoms with Crippen molar-refractivity contribution < 1.29 is 22.7 Å². The largest absolute Gasteiger partial charge is 0.378 e. The normalized spacial score (nSPS) is 16.4. The van der Waals surface area contributed by atoms with Gasteiger partial charge in [-0.25, -0.2) is 8.42 Å². The van der Waals surface area contributed by atoms with Crippen LogP contribution in [0.15, 0.2) is 41.3 Å². The molecular weight excluding hydrogens is 573 g/mol. The lowest BCUT2D eigenvalue weighted by molar-refractivity contribution is -0.135. The van der Waals surface area contributed by atoms with Crippen LogP contribution in [0.3, 0.4) is 0 Å². The van der Waals surface area contributed by atoms with Gasteiger partial charge in [0.2, 0.25) is 5.91 Å². The van der Waals surface area contributed by atoms with Gasteiger partial charge in [-0.05, 0) is 67.8 Å². The van der Waals surface area contributed by atoms with Crippen molar-refractivity contribution in [2.45, 2.75) is 37.3 Å². The number of benzene rings is 2. The minimum absolute atomic E-state index is 0.0614. The van der Waals surface area contributed by atoms with E-state index in [1.54, 1.807) is 30.3 Å². The Balaban J connectivity index is 1.41. The van der Waals surface area contributed by atoms with Gasteiger partial charge in [0.25, 0.3) is 5.91 Å². The number of halogens is 2. The number of anilines is 1. The first-order chi connectivity index (χ1) is 19.0. The third-order valence-electron chi connectivity index (χ3n) is 7.40. The fourth-order valence-electron chi connectivity index (χ4n) is 5.13. The lowest BCUT2D eigenvalue weighted by Crippen LogP contribution is -2.40. The van der Waals surface area contributed by atoms with Gasteiger partial charge < -0.3 is 19.9 Å². The maximum atomic E-state index is 13.3. The van der Waals surface area contributed by atoms with Crippen LogP contribution >= 0.6 is 23.2 Å². The molecule has 5 rings (SSSR count). The fourth-order valence-corrected chi connectivity index (χ4v) is 7.25. The molecule has 0 radical (unpaired) electrons. The highest BCUT2D eigenvalue weighted by Gasteiger charge is 2.28. The van der Waals surface area contributed by atoms with Gasteiger partial charge in [0.05, 0.1) is 29.4 Å². The zero-order valence-electron chi connectivity index (χ0n) is 22.1. The maximum absolute atomic E-state index is 13.3. The number of fused-ring (bicyclic) bond motifs is 1. The molecule has 2 aliphatic rings. The second-order valence-corrected chi connectivity index (χ2v) is 12.7. The number of sulfone groups is 1. The summed E-state index contributed by atoms with van der Waals surface area (Å²) in [5.41, 5.74) is 5.33. The Hall–Kier alpha value is -3.11. The van der Waals surface area contributed by atoms with Crippen molar-refractivity contribution in [1.82, 2.24) is 9.88 Å². The van der Waals surface area contributed by atoms with Crippen LogP contribution in [0.2, 0.25) is 10.0 Å². The molecule has 0 unspecified atom stereocenters. The number of H-pyrrole nitrogens is 1. The van der Waals surface area contributed by atoms with E-state index in [2.05, 4.69) is 10.3 Å². The summed E-state index contributed by atoms with van der Waals surface area (Å²) in [6.07, 6.45) is 2.69. The summed E-state index contributed by atoms with van der Waals surface area (Å²) < 4.78 is 32.0. The molecule has 210 valence electrons. The number of carbonyl (C=O) groups excluding carboxylic acids is 2. The monoisotopic (exact) mass is 601 g/mol. The molecule has 3 aromatic rings. The van der Waals surface area contributed by atoms with Crippen molar-refractivity contribution in [3.8, 4) is 0 Å². The van der Waals surface area contributed by atoms with Crippen molar-refractivity contribution in [3.05, 3.63) is 80.1 Å². The topological polar surface area (TPSA) is 109 Å². The number of hydrogen-bond donors (Lipinski definition) is 2. The summed E-state index contributed by atoms with van der Waals surface area (Å²) in [7, 11) is -3.82. The highest BCUT2D eigenvalue weighted by Crippen LogP contribution is 2.37. The number of amides is 2. The fraction of sp³-hybridized carbons (Fsp3) is 0.310. The van der Waals surface area contributed by atoms with E-state index in [9.17, 15) is 18.0 Å². The molecule has 0 bridgehead atoms. The van der Waals surface area contributed by atoms with Crippen molar-refractivity contribution in [2.75, 3.05) is 31.6 Å². The third kappa shape index (κ3) is 5.69. The Morgan fingerprint density at radius 2 is 1.77 bits per heavy atom. The van der Waals surface area contributed by atoms with Crippen molar-refractivity contribution in [3.63, 3.8) is 0 Å². The average Bonchev–Trinajstić information content (AvgIpc) is 3.39. The number of aryl methyl sites for hydroxylation is 1. The minimum Gasteiger partial charge on any atom is -0.378 e. The molecule has 1 saturated heterocycles. The summed E-state index contributed by atoms with van der Waals surface area (Å²) >= 11 is 12.4. The smallest absolute Gasteiger partial charge is 0.256 e. The summed E-state index contributed by atoms with van der Waals surface area (Å²) in [6, 6.07) is 9.41. The quantitative estimate of drug-likeness (QED) is 0.362. The van der Waals surface area contributed by atoms with Crippen molar-refractivity contribution in [1.29, 1.82) is 0 Å². The van der Waals surface area contributed by atoms with E-state index in [0.29, 0.717) is 61.5 Å². The molecule has 2 aromatic carbocycles. The number of rotatable bonds is 7. The predicted octanol–water partition coefficient (Wildman–Crippen LogP) is 5.20. The number of nitrogens with zero attached hydrogens (tertiary/aromatic N) is 1. The molecule has 1 fully saturated rings. The first-order valence-electron chi connectivity index (χ1n) is 12.9. The van der Waals surface area contributed by atoms with E-state index in [1.807, 2.05) is 18.7 Å². The highest BCUT2D eigenvalue weighted by molar-refractivity contribution is 7.90. The molecule has 11 heteroatoms. The first kappa shape index (κ1) is 28.4. The Kier molecular flexibility index (Phi) is 8.10. The number of carbonyl (C=O) groups is 2. The number of hydrogen-bond acceptors (Lipinski definition) is 5. The number of aromatic amines is 1. The lowest BCUT2D eigenvalue weighted by Gasteiger charge is -2.26. The molecule has 2 amide bonds. The molecule has 0 aliphatic carbocycles. The zero-order chi connectivity index (χ0) is 28.6. The number of morpholine rings is 1. The highest BCUT2D eigenvalue weighted by atomic mass is 35.5. The van der Waals surface area contributed by atoms with Gasteiger partial charge in [-0.2, -0.15) is 0 Å². The predicted molar refractivity (Wildman–Crippen MR) is 156 cm³/mol. The Labute approximate surface area is 243 Å². The minimum atomic E-state index is -3.82. The lowest BCUT2D eigenvalue weighted by atomic mass is 10.0. The van der Waals surface area contributed by atoms with Gasteiger partial charge in [0, 0.05) is 57.8 Å². The van der Waals surface area contributed by atoms with Gasteiger partial charge in [-0.15, -0.1) is 0 Å². The molecule has 3 heterocycles. The summed E-state index contributed by atoms with van der Waals surface area (Å²) in [5, 5.41) is 3.36. The van der Waals surface area contributed by atoms with Gasteiger partial charge in [0.1, 0.15) is 0 Å². The van der Waals surface area contributed by atoms with Crippen LogP contribution in [0.5, 0.6) is 0 Å². The van der Waals surface area contributed by atoms with Crippen LogP contribution in [0.25, 0.3) is 11.6 Å². The number of aromatic nitrogens is 1. The van der Waals surface area contributed by atoms with E-state index >= 15 is 0 Å². The van der Waals surface area contributed by atoms with Gasteiger partial charge in [-0.3, -0.25) is 9.59 Å². The molecular formula is C29H29Cl2N3O5S.